The van der Waals surface area contributed by atoms with Crippen LogP contribution in [-0.4, -0.2) is 56.5 Å². The predicted octanol–water partition coefficient (Wildman–Crippen LogP) is 3.11. The van der Waals surface area contributed by atoms with Crippen LogP contribution in [0, 0.1) is 3.57 Å². The summed E-state index contributed by atoms with van der Waals surface area (Å²) >= 11 is 2.18. The van der Waals surface area contributed by atoms with E-state index in [9.17, 15) is 9.59 Å². The van der Waals surface area contributed by atoms with Crippen molar-refractivity contribution in [1.29, 1.82) is 0 Å². The van der Waals surface area contributed by atoms with Crippen molar-refractivity contribution in [2.75, 3.05) is 38.7 Å². The Morgan fingerprint density at radius 1 is 1.28 bits per heavy atom. The highest BCUT2D eigenvalue weighted by atomic mass is 127. The molecule has 2 amide bonds. The van der Waals surface area contributed by atoms with E-state index in [0.29, 0.717) is 50.6 Å². The number of carbonyl (C=O) groups is 2. The van der Waals surface area contributed by atoms with E-state index in [4.69, 9.17) is 19.0 Å². The number of methoxy groups -OCH3 is 1. The number of carbonyl (C=O) groups excluding carboxylic acids is 2. The third-order valence-corrected chi connectivity index (χ3v) is 4.69. The molecule has 0 N–H and O–H groups in total. The van der Waals surface area contributed by atoms with Gasteiger partial charge in [0.2, 0.25) is 12.3 Å². The Kier molecular flexibility index (Phi) is 9.12. The molecule has 162 valence electrons. The number of rotatable bonds is 11. The van der Waals surface area contributed by atoms with Crippen molar-refractivity contribution in [3.05, 3.63) is 21.3 Å². The van der Waals surface area contributed by atoms with Crippen LogP contribution in [0.15, 0.2) is 12.1 Å². The summed E-state index contributed by atoms with van der Waals surface area (Å²) in [6.45, 7) is 7.50. The van der Waals surface area contributed by atoms with Gasteiger partial charge in [0, 0.05) is 35.8 Å². The van der Waals surface area contributed by atoms with Gasteiger partial charge in [0.15, 0.2) is 12.5 Å². The number of amides is 2. The summed E-state index contributed by atoms with van der Waals surface area (Å²) in [5.74, 6) is 0.574. The second kappa shape index (κ2) is 11.1. The highest BCUT2D eigenvalue weighted by Gasteiger charge is 2.26. The van der Waals surface area contributed by atoms with Crippen molar-refractivity contribution in [2.24, 2.45) is 0 Å². The van der Waals surface area contributed by atoms with Gasteiger partial charge in [-0.25, -0.2) is 0 Å². The molecule has 2 rings (SSSR count). The maximum Gasteiger partial charge on any atom is 0.238 e. The fourth-order valence-electron chi connectivity index (χ4n) is 2.88. The normalized spacial score (nSPS) is 14.4. The van der Waals surface area contributed by atoms with Gasteiger partial charge in [-0.2, -0.15) is 5.06 Å². The molecule has 1 aromatic carbocycles. The number of hydrogen-bond acceptors (Lipinski definition) is 6. The molecular weight excluding hydrogens is 491 g/mol. The molecular formula is C20H29IN2O6. The zero-order valence-electron chi connectivity index (χ0n) is 17.4. The highest BCUT2D eigenvalue weighted by Crippen LogP contribution is 2.36. The summed E-state index contributed by atoms with van der Waals surface area (Å²) in [5, 5.41) is 1.17. The largest absolute Gasteiger partial charge is 0.465 e. The first kappa shape index (κ1) is 23.8. The Bertz CT molecular complexity index is 707. The van der Waals surface area contributed by atoms with E-state index in [0.717, 1.165) is 15.6 Å². The van der Waals surface area contributed by atoms with Crippen LogP contribution >= 0.6 is 22.6 Å². The molecule has 1 heterocycles. The van der Waals surface area contributed by atoms with E-state index < -0.39 is 5.60 Å². The monoisotopic (exact) mass is 520 g/mol. The van der Waals surface area contributed by atoms with Crippen molar-refractivity contribution in [2.45, 2.75) is 45.8 Å². The van der Waals surface area contributed by atoms with Crippen LogP contribution in [-0.2, 0) is 30.4 Å². The quantitative estimate of drug-likeness (QED) is 0.147. The zero-order chi connectivity index (χ0) is 21.4. The average Bonchev–Trinajstić information content (AvgIpc) is 3.04. The highest BCUT2D eigenvalue weighted by molar-refractivity contribution is 14.1. The summed E-state index contributed by atoms with van der Waals surface area (Å²) < 4.78 is 17.2. The molecule has 0 radical (unpaired) electrons. The topological polar surface area (TPSA) is 77.5 Å². The molecule has 1 aliphatic rings. The number of hydrogen-bond donors (Lipinski definition) is 0. The lowest BCUT2D eigenvalue weighted by Crippen LogP contribution is -2.33. The van der Waals surface area contributed by atoms with Crippen molar-refractivity contribution in [3.63, 3.8) is 0 Å². The summed E-state index contributed by atoms with van der Waals surface area (Å²) in [5.41, 5.74) is 0.681. The van der Waals surface area contributed by atoms with Gasteiger partial charge in [0.25, 0.3) is 0 Å². The predicted molar refractivity (Wildman–Crippen MR) is 117 cm³/mol. The van der Waals surface area contributed by atoms with Crippen LogP contribution in [0.3, 0.4) is 0 Å². The first-order chi connectivity index (χ1) is 13.7. The molecule has 0 bridgehead atoms. The van der Waals surface area contributed by atoms with Crippen LogP contribution in [0.1, 0.15) is 39.2 Å². The van der Waals surface area contributed by atoms with Gasteiger partial charge in [-0.05, 0) is 61.9 Å². The number of ether oxygens (including phenoxy) is 3. The maximum atomic E-state index is 12.1. The van der Waals surface area contributed by atoms with Crippen molar-refractivity contribution in [1.82, 2.24) is 4.90 Å². The molecule has 1 aromatic rings. The maximum absolute atomic E-state index is 12.1. The van der Waals surface area contributed by atoms with Crippen LogP contribution in [0.25, 0.3) is 0 Å². The SMILES string of the molecule is COCCOCOc1c(CN2CCCC2=O)cc(I)cc1N(C=O)OC(C)(C)C. The minimum Gasteiger partial charge on any atom is -0.465 e. The molecule has 29 heavy (non-hydrogen) atoms. The van der Waals surface area contributed by atoms with Gasteiger partial charge in [-0.1, -0.05) is 0 Å². The first-order valence-electron chi connectivity index (χ1n) is 9.48. The van der Waals surface area contributed by atoms with Crippen molar-refractivity contribution < 1.29 is 28.6 Å². The van der Waals surface area contributed by atoms with Crippen molar-refractivity contribution >= 4 is 40.6 Å². The van der Waals surface area contributed by atoms with E-state index in [-0.39, 0.29) is 12.7 Å². The van der Waals surface area contributed by atoms with E-state index in [1.54, 1.807) is 18.1 Å². The van der Waals surface area contributed by atoms with Gasteiger partial charge in [-0.15, -0.1) is 0 Å². The number of benzene rings is 1. The summed E-state index contributed by atoms with van der Waals surface area (Å²) in [4.78, 5) is 31.5. The minimum absolute atomic E-state index is 0.0138. The smallest absolute Gasteiger partial charge is 0.238 e. The Hall–Kier alpha value is -1.43. The average molecular weight is 520 g/mol. The molecule has 1 saturated heterocycles. The van der Waals surface area contributed by atoms with Gasteiger partial charge < -0.3 is 19.1 Å². The summed E-state index contributed by atoms with van der Waals surface area (Å²) in [7, 11) is 1.60. The van der Waals surface area contributed by atoms with Gasteiger partial charge in [0.05, 0.1) is 18.8 Å². The van der Waals surface area contributed by atoms with Crippen LogP contribution in [0.5, 0.6) is 5.75 Å². The number of halogens is 1. The lowest BCUT2D eigenvalue weighted by Gasteiger charge is -2.29. The fraction of sp³-hybridized carbons (Fsp3) is 0.600. The van der Waals surface area contributed by atoms with Gasteiger partial charge in [-0.3, -0.25) is 14.4 Å². The lowest BCUT2D eigenvalue weighted by molar-refractivity contribution is -0.128. The third-order valence-electron chi connectivity index (χ3n) is 4.07. The number of likely N-dealkylation sites (tertiary alicyclic amines) is 1. The zero-order valence-corrected chi connectivity index (χ0v) is 19.6. The molecule has 0 unspecified atom stereocenters. The Balaban J connectivity index is 2.35. The third kappa shape index (κ3) is 7.40. The minimum atomic E-state index is -0.584. The number of anilines is 1. The molecule has 9 heteroatoms. The second-order valence-corrected chi connectivity index (χ2v) is 8.88. The van der Waals surface area contributed by atoms with Gasteiger partial charge >= 0.3 is 0 Å². The summed E-state index contributed by atoms with van der Waals surface area (Å²) in [6, 6.07) is 3.75. The molecule has 8 nitrogen and oxygen atoms in total. The molecule has 0 aromatic heterocycles. The standard InChI is InChI=1S/C20H29IN2O6/c1-20(2,3)29-23(13-24)17-11-16(21)10-15(12-22-7-5-6-18(22)25)19(17)28-14-27-9-8-26-4/h10-11,13H,5-9,12,14H2,1-4H3. The first-order valence-corrected chi connectivity index (χ1v) is 10.6. The molecule has 0 aliphatic carbocycles. The fourth-order valence-corrected chi connectivity index (χ4v) is 3.55. The van der Waals surface area contributed by atoms with Crippen LogP contribution in [0.2, 0.25) is 0 Å². The molecule has 1 fully saturated rings. The summed E-state index contributed by atoms with van der Waals surface area (Å²) in [6.07, 6.45) is 2.01. The molecule has 0 spiro atoms. The molecule has 0 atom stereocenters. The van der Waals surface area contributed by atoms with Crippen LogP contribution < -0.4 is 9.80 Å². The Morgan fingerprint density at radius 2 is 2.03 bits per heavy atom. The van der Waals surface area contributed by atoms with E-state index in [1.807, 2.05) is 26.8 Å². The second-order valence-electron chi connectivity index (χ2n) is 7.63. The lowest BCUT2D eigenvalue weighted by atomic mass is 10.1. The molecule has 1 aliphatic heterocycles. The van der Waals surface area contributed by atoms with E-state index in [1.165, 1.54) is 5.06 Å². The van der Waals surface area contributed by atoms with Crippen molar-refractivity contribution in [3.8, 4) is 5.75 Å². The number of hydroxylamine groups is 1. The van der Waals surface area contributed by atoms with Crippen LogP contribution in [0.4, 0.5) is 5.69 Å². The van der Waals surface area contributed by atoms with E-state index >= 15 is 0 Å². The van der Waals surface area contributed by atoms with E-state index in [2.05, 4.69) is 22.6 Å². The Labute approximate surface area is 185 Å². The Morgan fingerprint density at radius 3 is 2.62 bits per heavy atom. The molecule has 0 saturated carbocycles. The van der Waals surface area contributed by atoms with Gasteiger partial charge in [0.1, 0.15) is 5.69 Å². The number of nitrogens with zero attached hydrogens (tertiary/aromatic N) is 2.